The fourth-order valence-electron chi connectivity index (χ4n) is 2.73. The Bertz CT molecular complexity index is 907. The van der Waals surface area contributed by atoms with Gasteiger partial charge in [0.2, 0.25) is 0 Å². The molecule has 0 radical (unpaired) electrons. The molecule has 1 N–H and O–H groups in total. The smallest absolute Gasteiger partial charge is 0.255 e. The molecule has 4 rings (SSSR count). The minimum absolute atomic E-state index is 0.194. The maximum Gasteiger partial charge on any atom is 0.255 e. The Balaban J connectivity index is 1.65. The first-order chi connectivity index (χ1) is 11.7. The Labute approximate surface area is 143 Å². The van der Waals surface area contributed by atoms with Crippen LogP contribution in [0.15, 0.2) is 54.9 Å². The molecule has 1 amide bonds. The van der Waals surface area contributed by atoms with Crippen LogP contribution in [0.2, 0.25) is 5.02 Å². The van der Waals surface area contributed by atoms with E-state index in [0.717, 1.165) is 16.8 Å². The highest BCUT2D eigenvalue weighted by molar-refractivity contribution is 6.31. The molecule has 2 heterocycles. The van der Waals surface area contributed by atoms with Crippen LogP contribution in [0.5, 0.6) is 0 Å². The van der Waals surface area contributed by atoms with Gasteiger partial charge in [0.05, 0.1) is 24.6 Å². The summed E-state index contributed by atoms with van der Waals surface area (Å²) < 4.78 is 7.07. The zero-order valence-electron chi connectivity index (χ0n) is 12.7. The molecule has 6 heteroatoms. The molecule has 0 spiro atoms. The van der Waals surface area contributed by atoms with E-state index in [2.05, 4.69) is 10.4 Å². The van der Waals surface area contributed by atoms with Crippen molar-refractivity contribution in [1.82, 2.24) is 9.78 Å². The molecular formula is C18H14ClN3O2. The number of carbonyl (C=O) groups excluding carboxylic acids is 1. The number of carbonyl (C=O) groups is 1. The lowest BCUT2D eigenvalue weighted by atomic mass is 10.1. The van der Waals surface area contributed by atoms with E-state index >= 15 is 0 Å². The topological polar surface area (TPSA) is 56.2 Å². The molecule has 0 atom stereocenters. The van der Waals surface area contributed by atoms with Gasteiger partial charge in [-0.3, -0.25) is 4.79 Å². The lowest BCUT2D eigenvalue weighted by Crippen LogP contribution is -2.14. The number of rotatable bonds is 3. The first-order valence-corrected chi connectivity index (χ1v) is 7.89. The SMILES string of the molecule is O=C(Nc1cc(Cl)ccc1-n1cccn1)c1ccc2c(c1)COC2. The van der Waals surface area contributed by atoms with E-state index in [9.17, 15) is 4.79 Å². The second-order valence-electron chi connectivity index (χ2n) is 5.54. The Hall–Kier alpha value is -2.63. The lowest BCUT2D eigenvalue weighted by molar-refractivity contribution is 0.102. The number of hydrogen-bond donors (Lipinski definition) is 1. The summed E-state index contributed by atoms with van der Waals surface area (Å²) in [6, 6.07) is 12.7. The highest BCUT2D eigenvalue weighted by atomic mass is 35.5. The Morgan fingerprint density at radius 2 is 2.04 bits per heavy atom. The highest BCUT2D eigenvalue weighted by Crippen LogP contribution is 2.26. The Kier molecular flexibility index (Phi) is 3.80. The van der Waals surface area contributed by atoms with E-state index in [1.54, 1.807) is 29.1 Å². The van der Waals surface area contributed by atoms with Crippen LogP contribution >= 0.6 is 11.6 Å². The zero-order valence-corrected chi connectivity index (χ0v) is 13.5. The predicted molar refractivity (Wildman–Crippen MR) is 91.5 cm³/mol. The van der Waals surface area contributed by atoms with Crippen molar-refractivity contribution < 1.29 is 9.53 Å². The number of halogens is 1. The Morgan fingerprint density at radius 3 is 2.88 bits per heavy atom. The van der Waals surface area contributed by atoms with Gasteiger partial charge < -0.3 is 10.1 Å². The van der Waals surface area contributed by atoms with Gasteiger partial charge in [0.25, 0.3) is 5.91 Å². The number of fused-ring (bicyclic) bond motifs is 1. The molecule has 5 nitrogen and oxygen atoms in total. The molecule has 0 saturated carbocycles. The quantitative estimate of drug-likeness (QED) is 0.789. The summed E-state index contributed by atoms with van der Waals surface area (Å²) >= 11 is 6.09. The first-order valence-electron chi connectivity index (χ1n) is 7.51. The van der Waals surface area contributed by atoms with Crippen LogP contribution in [0.1, 0.15) is 21.5 Å². The van der Waals surface area contributed by atoms with Crippen molar-refractivity contribution in [3.05, 3.63) is 76.6 Å². The number of ether oxygens (including phenoxy) is 1. The fraction of sp³-hybridized carbons (Fsp3) is 0.111. The summed E-state index contributed by atoms with van der Waals surface area (Å²) in [5.41, 5.74) is 4.13. The summed E-state index contributed by atoms with van der Waals surface area (Å²) in [7, 11) is 0. The van der Waals surface area contributed by atoms with Crippen molar-refractivity contribution in [3.63, 3.8) is 0 Å². The van der Waals surface area contributed by atoms with E-state index in [1.165, 1.54) is 0 Å². The molecule has 2 aromatic carbocycles. The number of aromatic nitrogens is 2. The monoisotopic (exact) mass is 339 g/mol. The maximum atomic E-state index is 12.6. The molecule has 120 valence electrons. The average molecular weight is 340 g/mol. The number of hydrogen-bond acceptors (Lipinski definition) is 3. The van der Waals surface area contributed by atoms with Crippen LogP contribution in [0.3, 0.4) is 0 Å². The molecule has 1 aliphatic rings. The molecule has 3 aromatic rings. The van der Waals surface area contributed by atoms with E-state index in [0.29, 0.717) is 29.5 Å². The molecule has 0 bridgehead atoms. The standard InChI is InChI=1S/C18H14ClN3O2/c19-15-4-5-17(22-7-1-6-20-22)16(9-15)21-18(23)12-2-3-13-10-24-11-14(13)8-12/h1-9H,10-11H2,(H,21,23). The highest BCUT2D eigenvalue weighted by Gasteiger charge is 2.16. The van der Waals surface area contributed by atoms with Crippen molar-refractivity contribution in [2.24, 2.45) is 0 Å². The van der Waals surface area contributed by atoms with E-state index < -0.39 is 0 Å². The van der Waals surface area contributed by atoms with Gasteiger partial charge in [-0.25, -0.2) is 4.68 Å². The zero-order chi connectivity index (χ0) is 16.5. The largest absolute Gasteiger partial charge is 0.372 e. The van der Waals surface area contributed by atoms with Crippen LogP contribution in [0.25, 0.3) is 5.69 Å². The van der Waals surface area contributed by atoms with Crippen LogP contribution in [0, 0.1) is 0 Å². The van der Waals surface area contributed by atoms with Crippen molar-refractivity contribution in [2.75, 3.05) is 5.32 Å². The number of nitrogens with zero attached hydrogens (tertiary/aromatic N) is 2. The van der Waals surface area contributed by atoms with Crippen molar-refractivity contribution in [1.29, 1.82) is 0 Å². The number of anilines is 1. The molecule has 0 unspecified atom stereocenters. The molecule has 0 fully saturated rings. The third-order valence-corrected chi connectivity index (χ3v) is 4.18. The van der Waals surface area contributed by atoms with E-state index in [1.807, 2.05) is 30.5 Å². The summed E-state index contributed by atoms with van der Waals surface area (Å²) in [5, 5.41) is 7.68. The molecule has 24 heavy (non-hydrogen) atoms. The van der Waals surface area contributed by atoms with E-state index in [-0.39, 0.29) is 5.91 Å². The Morgan fingerprint density at radius 1 is 1.17 bits per heavy atom. The number of amides is 1. The van der Waals surface area contributed by atoms with Gasteiger partial charge in [-0.05, 0) is 47.5 Å². The normalized spacial score (nSPS) is 12.9. The first kappa shape index (κ1) is 14.9. The number of benzene rings is 2. The van der Waals surface area contributed by atoms with Gasteiger partial charge in [-0.1, -0.05) is 17.7 Å². The minimum atomic E-state index is -0.194. The second kappa shape index (κ2) is 6.11. The van der Waals surface area contributed by atoms with Crippen LogP contribution < -0.4 is 5.32 Å². The van der Waals surface area contributed by atoms with Gasteiger partial charge >= 0.3 is 0 Å². The number of nitrogens with one attached hydrogen (secondary N) is 1. The average Bonchev–Trinajstić information content (AvgIpc) is 3.25. The maximum absolute atomic E-state index is 12.6. The van der Waals surface area contributed by atoms with Crippen LogP contribution in [-0.4, -0.2) is 15.7 Å². The van der Waals surface area contributed by atoms with Gasteiger partial charge in [0.15, 0.2) is 0 Å². The molecular weight excluding hydrogens is 326 g/mol. The summed E-state index contributed by atoms with van der Waals surface area (Å²) in [4.78, 5) is 12.6. The van der Waals surface area contributed by atoms with Gasteiger partial charge in [-0.2, -0.15) is 5.10 Å². The molecule has 1 aromatic heterocycles. The predicted octanol–water partition coefficient (Wildman–Crippen LogP) is 3.81. The van der Waals surface area contributed by atoms with Crippen LogP contribution in [-0.2, 0) is 18.0 Å². The van der Waals surface area contributed by atoms with Gasteiger partial charge in [-0.15, -0.1) is 0 Å². The minimum Gasteiger partial charge on any atom is -0.372 e. The van der Waals surface area contributed by atoms with Gasteiger partial charge in [0.1, 0.15) is 0 Å². The van der Waals surface area contributed by atoms with E-state index in [4.69, 9.17) is 16.3 Å². The second-order valence-corrected chi connectivity index (χ2v) is 5.98. The fourth-order valence-corrected chi connectivity index (χ4v) is 2.90. The summed E-state index contributed by atoms with van der Waals surface area (Å²) in [5.74, 6) is -0.194. The third kappa shape index (κ3) is 2.79. The summed E-state index contributed by atoms with van der Waals surface area (Å²) in [6.07, 6.45) is 3.49. The lowest BCUT2D eigenvalue weighted by Gasteiger charge is -2.12. The third-order valence-electron chi connectivity index (χ3n) is 3.94. The molecule has 0 aliphatic carbocycles. The molecule has 0 saturated heterocycles. The van der Waals surface area contributed by atoms with Crippen molar-refractivity contribution >= 4 is 23.2 Å². The summed E-state index contributed by atoms with van der Waals surface area (Å²) in [6.45, 7) is 1.15. The molecule has 1 aliphatic heterocycles. The van der Waals surface area contributed by atoms with Gasteiger partial charge in [0, 0.05) is 23.0 Å². The van der Waals surface area contributed by atoms with Crippen LogP contribution in [0.4, 0.5) is 5.69 Å². The van der Waals surface area contributed by atoms with Crippen molar-refractivity contribution in [3.8, 4) is 5.69 Å². The van der Waals surface area contributed by atoms with Crippen molar-refractivity contribution in [2.45, 2.75) is 13.2 Å².